The summed E-state index contributed by atoms with van der Waals surface area (Å²) in [6.07, 6.45) is 4.51. The van der Waals surface area contributed by atoms with Crippen LogP contribution in [0.3, 0.4) is 0 Å². The van der Waals surface area contributed by atoms with Crippen molar-refractivity contribution in [3.63, 3.8) is 0 Å². The van der Waals surface area contributed by atoms with Crippen molar-refractivity contribution < 1.29 is 9.53 Å². The third-order valence-corrected chi connectivity index (χ3v) is 4.50. The highest BCUT2D eigenvalue weighted by atomic mass is 16.5. The summed E-state index contributed by atoms with van der Waals surface area (Å²) in [5.41, 5.74) is -0.596. The quantitative estimate of drug-likeness (QED) is 0.630. The van der Waals surface area contributed by atoms with Crippen molar-refractivity contribution in [1.29, 1.82) is 0 Å². The number of hydrogen-bond donors (Lipinski definition) is 1. The Morgan fingerprint density at radius 3 is 2.43 bits per heavy atom. The number of ether oxygens (including phenoxy) is 1. The fourth-order valence-electron chi connectivity index (χ4n) is 3.06. The molecule has 0 saturated heterocycles. The van der Waals surface area contributed by atoms with Crippen LogP contribution in [-0.2, 0) is 9.53 Å². The van der Waals surface area contributed by atoms with Crippen molar-refractivity contribution in [1.82, 2.24) is 10.2 Å². The van der Waals surface area contributed by atoms with Crippen LogP contribution in [0.25, 0.3) is 0 Å². The summed E-state index contributed by atoms with van der Waals surface area (Å²) >= 11 is 0. The predicted octanol–water partition coefficient (Wildman–Crippen LogP) is 2.82. The van der Waals surface area contributed by atoms with Gasteiger partial charge >= 0.3 is 5.97 Å². The number of esters is 1. The van der Waals surface area contributed by atoms with Crippen molar-refractivity contribution in [2.24, 2.45) is 5.92 Å². The minimum atomic E-state index is -0.596. The number of methoxy groups -OCH3 is 1. The van der Waals surface area contributed by atoms with Gasteiger partial charge in [-0.1, -0.05) is 6.92 Å². The van der Waals surface area contributed by atoms with Crippen LogP contribution in [-0.4, -0.2) is 48.7 Å². The largest absolute Gasteiger partial charge is 0.468 e. The second kappa shape index (κ2) is 8.14. The van der Waals surface area contributed by atoms with E-state index in [-0.39, 0.29) is 5.97 Å². The fraction of sp³-hybridized carbons (Fsp3) is 0.941. The maximum atomic E-state index is 12.2. The zero-order valence-corrected chi connectivity index (χ0v) is 14.7. The van der Waals surface area contributed by atoms with E-state index in [4.69, 9.17) is 4.74 Å². The lowest BCUT2D eigenvalue weighted by Crippen LogP contribution is -2.55. The van der Waals surface area contributed by atoms with Crippen molar-refractivity contribution in [3.05, 3.63) is 0 Å². The lowest BCUT2D eigenvalue weighted by Gasteiger charge is -2.38. The zero-order chi connectivity index (χ0) is 16.0. The molecule has 1 aliphatic rings. The Bertz CT molecular complexity index is 329. The molecule has 1 fully saturated rings. The first-order chi connectivity index (χ1) is 9.84. The van der Waals surface area contributed by atoms with Gasteiger partial charge in [0.1, 0.15) is 5.54 Å². The maximum absolute atomic E-state index is 12.2. The third-order valence-electron chi connectivity index (χ3n) is 4.50. The van der Waals surface area contributed by atoms with Gasteiger partial charge in [-0.25, -0.2) is 0 Å². The average Bonchev–Trinajstić information content (AvgIpc) is 3.25. The molecule has 0 heterocycles. The first-order valence-electron chi connectivity index (χ1n) is 8.43. The minimum Gasteiger partial charge on any atom is -0.468 e. The van der Waals surface area contributed by atoms with Gasteiger partial charge in [0.25, 0.3) is 0 Å². The van der Waals surface area contributed by atoms with E-state index in [2.05, 4.69) is 37.9 Å². The van der Waals surface area contributed by atoms with Gasteiger partial charge in [0.2, 0.25) is 0 Å². The molecule has 4 nitrogen and oxygen atoms in total. The SMILES string of the molecule is CCCNC(C)(CC(C)N(CC1CC1)C(C)C)C(=O)OC. The van der Waals surface area contributed by atoms with Gasteiger partial charge in [0.05, 0.1) is 7.11 Å². The number of carbonyl (C=O) groups is 1. The van der Waals surface area contributed by atoms with E-state index in [9.17, 15) is 4.79 Å². The van der Waals surface area contributed by atoms with Gasteiger partial charge < -0.3 is 10.1 Å². The molecular formula is C17H34N2O2. The van der Waals surface area contributed by atoms with Gasteiger partial charge in [-0.15, -0.1) is 0 Å². The lowest BCUT2D eigenvalue weighted by molar-refractivity contribution is -0.149. The van der Waals surface area contributed by atoms with E-state index in [1.807, 2.05) is 6.92 Å². The molecule has 124 valence electrons. The van der Waals surface area contributed by atoms with Crippen LogP contribution in [0.2, 0.25) is 0 Å². The van der Waals surface area contributed by atoms with Crippen molar-refractivity contribution in [2.45, 2.75) is 77.9 Å². The van der Waals surface area contributed by atoms with E-state index < -0.39 is 5.54 Å². The van der Waals surface area contributed by atoms with Gasteiger partial charge in [-0.2, -0.15) is 0 Å². The molecule has 0 aromatic carbocycles. The van der Waals surface area contributed by atoms with E-state index >= 15 is 0 Å². The van der Waals surface area contributed by atoms with Crippen LogP contribution in [0, 0.1) is 5.92 Å². The highest BCUT2D eigenvalue weighted by molar-refractivity contribution is 5.80. The first-order valence-corrected chi connectivity index (χ1v) is 8.43. The van der Waals surface area contributed by atoms with E-state index in [1.165, 1.54) is 20.0 Å². The van der Waals surface area contributed by atoms with Crippen molar-refractivity contribution >= 4 is 5.97 Å². The molecule has 2 unspecified atom stereocenters. The van der Waals surface area contributed by atoms with Gasteiger partial charge in [0, 0.05) is 18.6 Å². The standard InChI is InChI=1S/C17H34N2O2/c1-7-10-18-17(5,16(20)21-6)11-14(4)19(13(2)3)12-15-8-9-15/h13-15,18H,7-12H2,1-6H3. The van der Waals surface area contributed by atoms with Gasteiger partial charge in [-0.3, -0.25) is 9.69 Å². The Morgan fingerprint density at radius 2 is 2.00 bits per heavy atom. The molecule has 0 aromatic heterocycles. The second-order valence-corrected chi connectivity index (χ2v) is 7.04. The Kier molecular flexibility index (Phi) is 7.14. The average molecular weight is 298 g/mol. The third kappa shape index (κ3) is 5.59. The summed E-state index contributed by atoms with van der Waals surface area (Å²) in [5, 5.41) is 3.39. The Hall–Kier alpha value is -0.610. The zero-order valence-electron chi connectivity index (χ0n) is 14.7. The summed E-state index contributed by atoms with van der Waals surface area (Å²) in [7, 11) is 1.48. The van der Waals surface area contributed by atoms with E-state index in [1.54, 1.807) is 0 Å². The number of nitrogens with zero attached hydrogens (tertiary/aromatic N) is 1. The molecule has 0 bridgehead atoms. The highest BCUT2D eigenvalue weighted by Gasteiger charge is 2.38. The summed E-state index contributed by atoms with van der Waals surface area (Å²) in [4.78, 5) is 14.7. The number of hydrogen-bond acceptors (Lipinski definition) is 4. The lowest BCUT2D eigenvalue weighted by atomic mass is 9.92. The van der Waals surface area contributed by atoms with Gasteiger partial charge in [0.15, 0.2) is 0 Å². The first kappa shape index (κ1) is 18.4. The molecule has 0 aliphatic heterocycles. The van der Waals surface area contributed by atoms with Crippen LogP contribution in [0.15, 0.2) is 0 Å². The van der Waals surface area contributed by atoms with E-state index in [0.717, 1.165) is 31.8 Å². The fourth-order valence-corrected chi connectivity index (χ4v) is 3.06. The maximum Gasteiger partial charge on any atom is 0.325 e. The van der Waals surface area contributed by atoms with Crippen LogP contribution in [0.5, 0.6) is 0 Å². The minimum absolute atomic E-state index is 0.155. The number of nitrogens with one attached hydrogen (secondary N) is 1. The molecule has 21 heavy (non-hydrogen) atoms. The number of carbonyl (C=O) groups excluding carboxylic acids is 1. The van der Waals surface area contributed by atoms with Crippen LogP contribution in [0.1, 0.15) is 60.3 Å². The Labute approximate surface area is 130 Å². The molecule has 0 spiro atoms. The molecule has 0 radical (unpaired) electrons. The normalized spacial score (nSPS) is 19.6. The Balaban J connectivity index is 2.71. The van der Waals surface area contributed by atoms with Crippen LogP contribution < -0.4 is 5.32 Å². The smallest absolute Gasteiger partial charge is 0.325 e. The van der Waals surface area contributed by atoms with Crippen LogP contribution in [0.4, 0.5) is 0 Å². The molecule has 2 atom stereocenters. The molecule has 1 N–H and O–H groups in total. The molecule has 1 rings (SSSR count). The molecular weight excluding hydrogens is 264 g/mol. The topological polar surface area (TPSA) is 41.6 Å². The monoisotopic (exact) mass is 298 g/mol. The summed E-state index contributed by atoms with van der Waals surface area (Å²) in [5.74, 6) is 0.709. The summed E-state index contributed by atoms with van der Waals surface area (Å²) in [6, 6.07) is 0.868. The molecule has 0 amide bonds. The van der Waals surface area contributed by atoms with Crippen LogP contribution >= 0.6 is 0 Å². The Morgan fingerprint density at radius 1 is 1.38 bits per heavy atom. The second-order valence-electron chi connectivity index (χ2n) is 7.04. The summed E-state index contributed by atoms with van der Waals surface area (Å²) in [6.45, 7) is 12.8. The number of rotatable bonds is 10. The summed E-state index contributed by atoms with van der Waals surface area (Å²) < 4.78 is 5.03. The molecule has 4 heteroatoms. The highest BCUT2D eigenvalue weighted by Crippen LogP contribution is 2.32. The van der Waals surface area contributed by atoms with Crippen molar-refractivity contribution in [2.75, 3.05) is 20.2 Å². The van der Waals surface area contributed by atoms with Gasteiger partial charge in [-0.05, 0) is 65.8 Å². The molecule has 1 aliphatic carbocycles. The van der Waals surface area contributed by atoms with E-state index in [0.29, 0.717) is 12.1 Å². The van der Waals surface area contributed by atoms with Crippen molar-refractivity contribution in [3.8, 4) is 0 Å². The predicted molar refractivity (Wildman–Crippen MR) is 87.4 cm³/mol. The molecule has 0 aromatic rings. The molecule has 1 saturated carbocycles.